The van der Waals surface area contributed by atoms with Crippen LogP contribution in [0.4, 0.5) is 0 Å². The first kappa shape index (κ1) is 18.9. The van der Waals surface area contributed by atoms with Crippen molar-refractivity contribution in [3.05, 3.63) is 68.7 Å². The van der Waals surface area contributed by atoms with Crippen LogP contribution in [0.15, 0.2) is 46.9 Å². The molecule has 2 aromatic rings. The Morgan fingerprint density at radius 3 is 2.50 bits per heavy atom. The lowest BCUT2D eigenvalue weighted by Gasteiger charge is -2.26. The van der Waals surface area contributed by atoms with Crippen molar-refractivity contribution >= 4 is 39.3 Å². The Kier molecular flexibility index (Phi) is 6.29. The lowest BCUT2D eigenvalue weighted by Crippen LogP contribution is -2.40. The number of rotatable bonds is 4. The maximum Gasteiger partial charge on any atom is 0.254 e. The van der Waals surface area contributed by atoms with Crippen LogP contribution in [-0.4, -0.2) is 43.0 Å². The van der Waals surface area contributed by atoms with Gasteiger partial charge in [-0.1, -0.05) is 39.7 Å². The summed E-state index contributed by atoms with van der Waals surface area (Å²) in [5.41, 5.74) is 1.96. The lowest BCUT2D eigenvalue weighted by atomic mass is 10.1. The standard InChI is InChI=1S/C19H18BrClN2O3/c20-15-5-6-17(21)16(11-15)18(24)22-12-13-1-3-14(4-2-13)19(25)23-7-9-26-10-8-23/h1-6,11H,7-10,12H2,(H,22,24). The van der Waals surface area contributed by atoms with Crippen LogP contribution < -0.4 is 5.32 Å². The van der Waals surface area contributed by atoms with E-state index in [0.29, 0.717) is 49.0 Å². The van der Waals surface area contributed by atoms with Crippen molar-refractivity contribution in [2.24, 2.45) is 0 Å². The van der Waals surface area contributed by atoms with Gasteiger partial charge >= 0.3 is 0 Å². The third kappa shape index (κ3) is 4.63. The highest BCUT2D eigenvalue weighted by Crippen LogP contribution is 2.21. The summed E-state index contributed by atoms with van der Waals surface area (Å²) >= 11 is 9.40. The molecule has 26 heavy (non-hydrogen) atoms. The fraction of sp³-hybridized carbons (Fsp3) is 0.263. The van der Waals surface area contributed by atoms with E-state index in [9.17, 15) is 9.59 Å². The van der Waals surface area contributed by atoms with Crippen LogP contribution in [-0.2, 0) is 11.3 Å². The smallest absolute Gasteiger partial charge is 0.254 e. The average molecular weight is 438 g/mol. The van der Waals surface area contributed by atoms with E-state index in [1.807, 2.05) is 12.1 Å². The molecule has 2 aromatic carbocycles. The highest BCUT2D eigenvalue weighted by molar-refractivity contribution is 9.10. The van der Waals surface area contributed by atoms with E-state index in [2.05, 4.69) is 21.2 Å². The molecule has 136 valence electrons. The molecule has 1 N–H and O–H groups in total. The number of benzene rings is 2. The monoisotopic (exact) mass is 436 g/mol. The summed E-state index contributed by atoms with van der Waals surface area (Å²) in [6, 6.07) is 12.4. The van der Waals surface area contributed by atoms with Crippen molar-refractivity contribution < 1.29 is 14.3 Å². The minimum Gasteiger partial charge on any atom is -0.378 e. The Bertz CT molecular complexity index is 805. The van der Waals surface area contributed by atoms with Gasteiger partial charge in [0.2, 0.25) is 0 Å². The molecule has 0 atom stereocenters. The number of nitrogens with one attached hydrogen (secondary N) is 1. The second-order valence-corrected chi connectivity index (χ2v) is 7.23. The topological polar surface area (TPSA) is 58.6 Å². The van der Waals surface area contributed by atoms with Gasteiger partial charge in [-0.3, -0.25) is 9.59 Å². The fourth-order valence-electron chi connectivity index (χ4n) is 2.66. The maximum atomic E-state index is 12.4. The zero-order chi connectivity index (χ0) is 18.5. The number of hydrogen-bond acceptors (Lipinski definition) is 3. The summed E-state index contributed by atoms with van der Waals surface area (Å²) in [5.74, 6) is -0.241. The van der Waals surface area contributed by atoms with Crippen LogP contribution in [0.2, 0.25) is 5.02 Å². The van der Waals surface area contributed by atoms with Crippen molar-refractivity contribution in [1.82, 2.24) is 10.2 Å². The van der Waals surface area contributed by atoms with Gasteiger partial charge in [0.1, 0.15) is 0 Å². The number of nitrogens with zero attached hydrogens (tertiary/aromatic N) is 1. The van der Waals surface area contributed by atoms with Gasteiger partial charge in [0.05, 0.1) is 23.8 Å². The van der Waals surface area contributed by atoms with E-state index < -0.39 is 0 Å². The van der Waals surface area contributed by atoms with Gasteiger partial charge in [0, 0.05) is 29.7 Å². The summed E-state index contributed by atoms with van der Waals surface area (Å²) < 4.78 is 6.05. The van der Waals surface area contributed by atoms with Crippen LogP contribution >= 0.6 is 27.5 Å². The number of carbonyl (C=O) groups is 2. The van der Waals surface area contributed by atoms with Crippen molar-refractivity contribution in [2.45, 2.75) is 6.54 Å². The molecule has 0 spiro atoms. The Balaban J connectivity index is 1.59. The Morgan fingerprint density at radius 1 is 1.12 bits per heavy atom. The van der Waals surface area contributed by atoms with Gasteiger partial charge in [-0.15, -0.1) is 0 Å². The molecule has 3 rings (SSSR count). The quantitative estimate of drug-likeness (QED) is 0.796. The largest absolute Gasteiger partial charge is 0.378 e. The molecule has 0 aliphatic carbocycles. The van der Waals surface area contributed by atoms with Crippen molar-refractivity contribution in [3.63, 3.8) is 0 Å². The van der Waals surface area contributed by atoms with Crippen LogP contribution in [0.25, 0.3) is 0 Å². The normalized spacial score (nSPS) is 14.2. The minimum atomic E-state index is -0.246. The summed E-state index contributed by atoms with van der Waals surface area (Å²) in [4.78, 5) is 26.5. The van der Waals surface area contributed by atoms with Gasteiger partial charge in [0.25, 0.3) is 11.8 Å². The Labute approximate surface area is 165 Å². The van der Waals surface area contributed by atoms with E-state index in [1.165, 1.54) is 0 Å². The van der Waals surface area contributed by atoms with Gasteiger partial charge in [-0.05, 0) is 35.9 Å². The first-order chi connectivity index (χ1) is 12.5. The number of morpholine rings is 1. The number of hydrogen-bond donors (Lipinski definition) is 1. The van der Waals surface area contributed by atoms with Crippen molar-refractivity contribution in [1.29, 1.82) is 0 Å². The molecule has 1 aliphatic rings. The van der Waals surface area contributed by atoms with E-state index in [1.54, 1.807) is 35.2 Å². The molecule has 2 amide bonds. The van der Waals surface area contributed by atoms with Gasteiger partial charge in [0.15, 0.2) is 0 Å². The summed E-state index contributed by atoms with van der Waals surface area (Å²) in [5, 5.41) is 3.24. The molecule has 7 heteroatoms. The lowest BCUT2D eigenvalue weighted by molar-refractivity contribution is 0.0303. The van der Waals surface area contributed by atoms with Crippen molar-refractivity contribution in [2.75, 3.05) is 26.3 Å². The number of carbonyl (C=O) groups excluding carboxylic acids is 2. The number of ether oxygens (including phenoxy) is 1. The van der Waals surface area contributed by atoms with Crippen LogP contribution in [0.3, 0.4) is 0 Å². The zero-order valence-corrected chi connectivity index (χ0v) is 16.3. The predicted molar refractivity (Wildman–Crippen MR) is 103 cm³/mol. The van der Waals surface area contributed by atoms with Gasteiger partial charge in [-0.25, -0.2) is 0 Å². The molecule has 5 nitrogen and oxygen atoms in total. The molecule has 0 unspecified atom stereocenters. The number of halogens is 2. The molecular weight excluding hydrogens is 420 g/mol. The first-order valence-corrected chi connectivity index (χ1v) is 9.41. The van der Waals surface area contributed by atoms with Crippen molar-refractivity contribution in [3.8, 4) is 0 Å². The maximum absolute atomic E-state index is 12.4. The highest BCUT2D eigenvalue weighted by Gasteiger charge is 2.18. The molecule has 1 aliphatic heterocycles. The predicted octanol–water partition coefficient (Wildman–Crippen LogP) is 3.50. The first-order valence-electron chi connectivity index (χ1n) is 8.24. The third-order valence-electron chi connectivity index (χ3n) is 4.13. The zero-order valence-electron chi connectivity index (χ0n) is 14.0. The molecule has 0 aromatic heterocycles. The third-order valence-corrected chi connectivity index (χ3v) is 4.95. The van der Waals surface area contributed by atoms with Gasteiger partial charge < -0.3 is 15.0 Å². The second kappa shape index (κ2) is 8.66. The highest BCUT2D eigenvalue weighted by atomic mass is 79.9. The summed E-state index contributed by atoms with van der Waals surface area (Å²) in [6.07, 6.45) is 0. The van der Waals surface area contributed by atoms with E-state index in [4.69, 9.17) is 16.3 Å². The summed E-state index contributed by atoms with van der Waals surface area (Å²) in [7, 11) is 0. The molecule has 0 saturated carbocycles. The molecule has 1 heterocycles. The molecule has 0 bridgehead atoms. The minimum absolute atomic E-state index is 0.00445. The van der Waals surface area contributed by atoms with E-state index in [0.717, 1.165) is 10.0 Å². The Hall–Kier alpha value is -1.89. The van der Waals surface area contributed by atoms with Crippen LogP contribution in [0.1, 0.15) is 26.3 Å². The van der Waals surface area contributed by atoms with E-state index in [-0.39, 0.29) is 11.8 Å². The van der Waals surface area contributed by atoms with Crippen LogP contribution in [0, 0.1) is 0 Å². The molecular formula is C19H18BrClN2O3. The second-order valence-electron chi connectivity index (χ2n) is 5.91. The molecule has 1 saturated heterocycles. The molecule has 1 fully saturated rings. The SMILES string of the molecule is O=C(NCc1ccc(C(=O)N2CCOCC2)cc1)c1cc(Br)ccc1Cl. The van der Waals surface area contributed by atoms with Crippen LogP contribution in [0.5, 0.6) is 0 Å². The fourth-order valence-corrected chi connectivity index (χ4v) is 3.23. The molecule has 0 radical (unpaired) electrons. The van der Waals surface area contributed by atoms with Gasteiger partial charge in [-0.2, -0.15) is 0 Å². The Morgan fingerprint density at radius 2 is 1.81 bits per heavy atom. The average Bonchev–Trinajstić information content (AvgIpc) is 2.68. The van der Waals surface area contributed by atoms with E-state index >= 15 is 0 Å². The number of amides is 2. The summed E-state index contributed by atoms with van der Waals surface area (Å²) in [6.45, 7) is 2.74.